The molecule has 0 fully saturated rings. The lowest BCUT2D eigenvalue weighted by Crippen LogP contribution is -2.43. The zero-order valence-corrected chi connectivity index (χ0v) is 15.6. The van der Waals surface area contributed by atoms with Crippen LogP contribution < -0.4 is 5.56 Å². The van der Waals surface area contributed by atoms with Crippen molar-refractivity contribution in [3.8, 4) is 0 Å². The second-order valence-electron chi connectivity index (χ2n) is 6.85. The lowest BCUT2D eigenvalue weighted by atomic mass is 9.86. The molecule has 4 rings (SSSR count). The first-order valence-electron chi connectivity index (χ1n) is 8.84. The van der Waals surface area contributed by atoms with Crippen molar-refractivity contribution in [3.05, 3.63) is 82.4 Å². The normalized spacial score (nSPS) is 14.6. The highest BCUT2D eigenvalue weighted by Crippen LogP contribution is 2.36. The van der Waals surface area contributed by atoms with E-state index in [9.17, 15) is 23.1 Å². The van der Waals surface area contributed by atoms with E-state index in [1.807, 2.05) is 0 Å². The van der Waals surface area contributed by atoms with Crippen LogP contribution in [0.3, 0.4) is 0 Å². The summed E-state index contributed by atoms with van der Waals surface area (Å²) in [6.07, 6.45) is 2.35. The molecule has 0 aliphatic heterocycles. The SMILES string of the molecule is C[C@@H](n1cnc2cc(F)ccc2c1=O)[C@](O)(Cn1cnnn1)c1ccc(F)cc1F. The van der Waals surface area contributed by atoms with Gasteiger partial charge in [-0.1, -0.05) is 6.07 Å². The first-order valence-corrected chi connectivity index (χ1v) is 8.84. The molecule has 0 saturated heterocycles. The van der Waals surface area contributed by atoms with Gasteiger partial charge in [0.1, 0.15) is 29.4 Å². The summed E-state index contributed by atoms with van der Waals surface area (Å²) in [5.74, 6) is -2.37. The quantitative estimate of drug-likeness (QED) is 0.534. The van der Waals surface area contributed by atoms with Crippen LogP contribution in [-0.2, 0) is 12.1 Å². The van der Waals surface area contributed by atoms with Crippen molar-refractivity contribution in [1.82, 2.24) is 29.8 Å². The number of fused-ring (bicyclic) bond motifs is 1. The Kier molecular flexibility index (Phi) is 4.82. The number of tetrazole rings is 1. The first kappa shape index (κ1) is 19.7. The Morgan fingerprint density at radius 1 is 1.10 bits per heavy atom. The van der Waals surface area contributed by atoms with E-state index >= 15 is 0 Å². The summed E-state index contributed by atoms with van der Waals surface area (Å²) >= 11 is 0. The topological polar surface area (TPSA) is 98.7 Å². The minimum Gasteiger partial charge on any atom is -0.381 e. The summed E-state index contributed by atoms with van der Waals surface area (Å²) in [5, 5.41) is 22.3. The van der Waals surface area contributed by atoms with Gasteiger partial charge in [-0.2, -0.15) is 0 Å². The number of hydrogen-bond donors (Lipinski definition) is 1. The van der Waals surface area contributed by atoms with E-state index in [1.165, 1.54) is 19.3 Å². The maximum Gasteiger partial charge on any atom is 0.261 e. The van der Waals surface area contributed by atoms with E-state index in [0.29, 0.717) is 6.07 Å². The largest absolute Gasteiger partial charge is 0.381 e. The predicted octanol–water partition coefficient (Wildman–Crippen LogP) is 1.95. The minimum atomic E-state index is -2.06. The number of aliphatic hydroxyl groups is 1. The number of aromatic nitrogens is 6. The van der Waals surface area contributed by atoms with E-state index in [-0.39, 0.29) is 23.0 Å². The number of hydrogen-bond acceptors (Lipinski definition) is 6. The van der Waals surface area contributed by atoms with Crippen LogP contribution in [0.2, 0.25) is 0 Å². The van der Waals surface area contributed by atoms with E-state index in [4.69, 9.17) is 0 Å². The van der Waals surface area contributed by atoms with Gasteiger partial charge in [0.15, 0.2) is 0 Å². The van der Waals surface area contributed by atoms with Crippen LogP contribution in [0.25, 0.3) is 10.9 Å². The maximum atomic E-state index is 14.6. The summed E-state index contributed by atoms with van der Waals surface area (Å²) in [4.78, 5) is 17.1. The van der Waals surface area contributed by atoms with Gasteiger partial charge in [0.2, 0.25) is 0 Å². The van der Waals surface area contributed by atoms with Gasteiger partial charge in [-0.25, -0.2) is 22.8 Å². The van der Waals surface area contributed by atoms with Crippen LogP contribution in [0.5, 0.6) is 0 Å². The molecule has 154 valence electrons. The molecule has 11 heteroatoms. The summed E-state index contributed by atoms with van der Waals surface area (Å²) < 4.78 is 43.8. The van der Waals surface area contributed by atoms with Crippen LogP contribution in [0.15, 0.2) is 53.8 Å². The predicted molar refractivity (Wildman–Crippen MR) is 98.7 cm³/mol. The van der Waals surface area contributed by atoms with E-state index in [1.54, 1.807) is 0 Å². The summed E-state index contributed by atoms with van der Waals surface area (Å²) in [7, 11) is 0. The van der Waals surface area contributed by atoms with Crippen molar-refractivity contribution in [3.63, 3.8) is 0 Å². The molecule has 4 aromatic rings. The van der Waals surface area contributed by atoms with Gasteiger partial charge in [-0.15, -0.1) is 5.10 Å². The fourth-order valence-electron chi connectivity index (χ4n) is 3.40. The summed E-state index contributed by atoms with van der Waals surface area (Å²) in [6, 6.07) is 5.15. The fourth-order valence-corrected chi connectivity index (χ4v) is 3.40. The van der Waals surface area contributed by atoms with Crippen LogP contribution in [0.1, 0.15) is 18.5 Å². The molecule has 0 amide bonds. The molecule has 0 radical (unpaired) electrons. The second kappa shape index (κ2) is 7.34. The van der Waals surface area contributed by atoms with Gasteiger partial charge in [-0.3, -0.25) is 9.36 Å². The van der Waals surface area contributed by atoms with Crippen molar-refractivity contribution in [2.45, 2.75) is 25.1 Å². The molecule has 30 heavy (non-hydrogen) atoms. The Balaban J connectivity index is 1.88. The molecule has 2 aromatic carbocycles. The molecule has 0 bridgehead atoms. The van der Waals surface area contributed by atoms with Crippen molar-refractivity contribution < 1.29 is 18.3 Å². The van der Waals surface area contributed by atoms with Crippen molar-refractivity contribution in [2.24, 2.45) is 0 Å². The van der Waals surface area contributed by atoms with Crippen molar-refractivity contribution >= 4 is 10.9 Å². The molecule has 2 aromatic heterocycles. The number of nitrogens with zero attached hydrogens (tertiary/aromatic N) is 6. The van der Waals surface area contributed by atoms with Gasteiger partial charge in [-0.05, 0) is 35.5 Å². The maximum absolute atomic E-state index is 14.6. The monoisotopic (exact) mass is 416 g/mol. The fraction of sp³-hybridized carbons (Fsp3) is 0.211. The summed E-state index contributed by atoms with van der Waals surface area (Å²) in [5.41, 5.74) is -2.74. The molecule has 0 spiro atoms. The molecule has 1 N–H and O–H groups in total. The minimum absolute atomic E-state index is 0.120. The van der Waals surface area contributed by atoms with E-state index in [0.717, 1.165) is 39.8 Å². The van der Waals surface area contributed by atoms with Gasteiger partial charge in [0, 0.05) is 17.7 Å². The molecule has 0 saturated carbocycles. The number of benzene rings is 2. The van der Waals surface area contributed by atoms with Crippen LogP contribution in [0.4, 0.5) is 13.2 Å². The highest BCUT2D eigenvalue weighted by Gasteiger charge is 2.41. The van der Waals surface area contributed by atoms with E-state index in [2.05, 4.69) is 20.5 Å². The third-order valence-electron chi connectivity index (χ3n) is 5.05. The Hall–Kier alpha value is -3.60. The molecule has 0 aliphatic carbocycles. The second-order valence-corrected chi connectivity index (χ2v) is 6.85. The third kappa shape index (κ3) is 3.32. The van der Waals surface area contributed by atoms with Crippen molar-refractivity contribution in [2.75, 3.05) is 0 Å². The Morgan fingerprint density at radius 3 is 2.53 bits per heavy atom. The summed E-state index contributed by atoms with van der Waals surface area (Å²) in [6.45, 7) is 1.14. The van der Waals surface area contributed by atoms with Crippen LogP contribution in [0, 0.1) is 17.5 Å². The van der Waals surface area contributed by atoms with Gasteiger partial charge < -0.3 is 5.11 Å². The zero-order chi connectivity index (χ0) is 21.5. The molecule has 0 unspecified atom stereocenters. The highest BCUT2D eigenvalue weighted by molar-refractivity contribution is 5.77. The lowest BCUT2D eigenvalue weighted by molar-refractivity contribution is -0.0346. The van der Waals surface area contributed by atoms with Crippen molar-refractivity contribution in [1.29, 1.82) is 0 Å². The third-order valence-corrected chi connectivity index (χ3v) is 5.05. The molecule has 2 atom stereocenters. The van der Waals surface area contributed by atoms with Gasteiger partial charge >= 0.3 is 0 Å². The highest BCUT2D eigenvalue weighted by atomic mass is 19.1. The Labute approximate surface area is 167 Å². The molecular formula is C19H15F3N6O2. The average molecular weight is 416 g/mol. The van der Waals surface area contributed by atoms with Gasteiger partial charge in [0.25, 0.3) is 5.56 Å². The van der Waals surface area contributed by atoms with Gasteiger partial charge in [0.05, 0.1) is 29.8 Å². The molecule has 8 nitrogen and oxygen atoms in total. The van der Waals surface area contributed by atoms with E-state index < -0.39 is 34.7 Å². The Morgan fingerprint density at radius 2 is 1.83 bits per heavy atom. The Bertz CT molecular complexity index is 1280. The number of rotatable bonds is 5. The number of halogens is 3. The van der Waals surface area contributed by atoms with Crippen LogP contribution >= 0.6 is 0 Å². The lowest BCUT2D eigenvalue weighted by Gasteiger charge is -2.35. The smallest absolute Gasteiger partial charge is 0.261 e. The average Bonchev–Trinajstić information content (AvgIpc) is 3.20. The molecule has 2 heterocycles. The molecule has 0 aliphatic rings. The first-order chi connectivity index (χ1) is 14.3. The molecular weight excluding hydrogens is 401 g/mol. The van der Waals surface area contributed by atoms with Crippen LogP contribution in [-0.4, -0.2) is 34.9 Å². The standard InChI is InChI=1S/C19H15F3N6O2/c1-11(28-9-23-17-7-13(21)2-4-14(17)18(28)29)19(30,8-27-10-24-25-26-27)15-5-3-12(20)6-16(15)22/h2-7,9-11,30H,8H2,1H3/t11-,19-/m1/s1. The zero-order valence-electron chi connectivity index (χ0n) is 15.6.